The second-order valence-electron chi connectivity index (χ2n) is 6.11. The summed E-state index contributed by atoms with van der Waals surface area (Å²) in [6.45, 7) is 4.86. The van der Waals surface area contributed by atoms with Crippen molar-refractivity contribution in [3.8, 4) is 0 Å². The molecule has 4 nitrogen and oxygen atoms in total. The van der Waals surface area contributed by atoms with E-state index in [4.69, 9.17) is 4.74 Å². The summed E-state index contributed by atoms with van der Waals surface area (Å²) in [4.78, 5) is 14.2. The van der Waals surface area contributed by atoms with E-state index in [1.807, 2.05) is 4.90 Å². The van der Waals surface area contributed by atoms with Crippen LogP contribution in [-0.4, -0.2) is 49.2 Å². The minimum absolute atomic E-state index is 0.0984. The van der Waals surface area contributed by atoms with E-state index < -0.39 is 0 Å². The van der Waals surface area contributed by atoms with Gasteiger partial charge in [-0.1, -0.05) is 0 Å². The molecule has 3 aliphatic rings. The summed E-state index contributed by atoms with van der Waals surface area (Å²) in [6.07, 6.45) is 6.39. The van der Waals surface area contributed by atoms with Gasteiger partial charge in [-0.15, -0.1) is 0 Å². The second-order valence-corrected chi connectivity index (χ2v) is 6.11. The van der Waals surface area contributed by atoms with E-state index in [1.165, 1.54) is 12.8 Å². The SMILES string of the molecule is O=C(C[C@@H]1COC2(CCNCC2)C1)N1CCCC1. The van der Waals surface area contributed by atoms with Crippen molar-refractivity contribution in [3.05, 3.63) is 0 Å². The average Bonchev–Trinajstić information content (AvgIpc) is 3.01. The van der Waals surface area contributed by atoms with Gasteiger partial charge in [0, 0.05) is 19.5 Å². The zero-order valence-electron chi connectivity index (χ0n) is 11.1. The van der Waals surface area contributed by atoms with Crippen LogP contribution in [0.15, 0.2) is 0 Å². The fraction of sp³-hybridized carbons (Fsp3) is 0.929. The summed E-state index contributed by atoms with van der Waals surface area (Å²) >= 11 is 0. The molecule has 0 unspecified atom stereocenters. The molecule has 0 radical (unpaired) electrons. The lowest BCUT2D eigenvalue weighted by atomic mass is 9.85. The number of hydrogen-bond acceptors (Lipinski definition) is 3. The number of piperidine rings is 1. The Hall–Kier alpha value is -0.610. The molecular formula is C14H24N2O2. The number of carbonyl (C=O) groups is 1. The average molecular weight is 252 g/mol. The lowest BCUT2D eigenvalue weighted by Gasteiger charge is -2.33. The first-order valence-electron chi connectivity index (χ1n) is 7.40. The maximum absolute atomic E-state index is 12.1. The maximum Gasteiger partial charge on any atom is 0.222 e. The van der Waals surface area contributed by atoms with Crippen LogP contribution >= 0.6 is 0 Å². The van der Waals surface area contributed by atoms with Crippen LogP contribution in [0.1, 0.15) is 38.5 Å². The highest BCUT2D eigenvalue weighted by Crippen LogP contribution is 2.38. The Morgan fingerprint density at radius 1 is 1.28 bits per heavy atom. The van der Waals surface area contributed by atoms with Gasteiger partial charge in [0.1, 0.15) is 0 Å². The lowest BCUT2D eigenvalue weighted by Crippen LogP contribution is -2.41. The number of rotatable bonds is 2. The summed E-state index contributed by atoms with van der Waals surface area (Å²) in [6, 6.07) is 0. The van der Waals surface area contributed by atoms with Gasteiger partial charge >= 0.3 is 0 Å². The molecule has 1 amide bonds. The van der Waals surface area contributed by atoms with Gasteiger partial charge in [0.05, 0.1) is 12.2 Å². The van der Waals surface area contributed by atoms with Crippen molar-refractivity contribution in [2.75, 3.05) is 32.8 Å². The lowest BCUT2D eigenvalue weighted by molar-refractivity contribution is -0.131. The molecule has 4 heteroatoms. The third-order valence-corrected chi connectivity index (χ3v) is 4.72. The third-order valence-electron chi connectivity index (χ3n) is 4.72. The minimum Gasteiger partial charge on any atom is -0.375 e. The molecule has 3 saturated heterocycles. The fourth-order valence-corrected chi connectivity index (χ4v) is 3.64. The molecule has 0 aromatic rings. The summed E-state index contributed by atoms with van der Waals surface area (Å²) in [5.74, 6) is 0.809. The largest absolute Gasteiger partial charge is 0.375 e. The van der Waals surface area contributed by atoms with Crippen LogP contribution in [0.4, 0.5) is 0 Å². The van der Waals surface area contributed by atoms with Gasteiger partial charge in [-0.2, -0.15) is 0 Å². The van der Waals surface area contributed by atoms with E-state index in [-0.39, 0.29) is 5.60 Å². The Balaban J connectivity index is 1.51. The topological polar surface area (TPSA) is 41.6 Å². The number of ether oxygens (including phenoxy) is 1. The Labute approximate surface area is 109 Å². The number of amides is 1. The van der Waals surface area contributed by atoms with Gasteiger partial charge in [0.15, 0.2) is 0 Å². The minimum atomic E-state index is 0.0984. The summed E-state index contributed by atoms with van der Waals surface area (Å²) < 4.78 is 6.05. The first kappa shape index (κ1) is 12.4. The second kappa shape index (κ2) is 5.17. The summed E-state index contributed by atoms with van der Waals surface area (Å²) in [5, 5.41) is 3.38. The van der Waals surface area contributed by atoms with Crippen molar-refractivity contribution in [1.82, 2.24) is 10.2 Å². The van der Waals surface area contributed by atoms with E-state index in [9.17, 15) is 4.79 Å². The molecule has 3 aliphatic heterocycles. The van der Waals surface area contributed by atoms with Gasteiger partial charge < -0.3 is 15.0 Å². The van der Waals surface area contributed by atoms with Gasteiger partial charge in [-0.25, -0.2) is 0 Å². The number of carbonyl (C=O) groups excluding carboxylic acids is 1. The van der Waals surface area contributed by atoms with Gasteiger partial charge in [0.2, 0.25) is 5.91 Å². The van der Waals surface area contributed by atoms with E-state index >= 15 is 0 Å². The van der Waals surface area contributed by atoms with Crippen molar-refractivity contribution < 1.29 is 9.53 Å². The first-order chi connectivity index (χ1) is 8.77. The molecule has 102 valence electrons. The molecule has 3 rings (SSSR count). The van der Waals surface area contributed by atoms with E-state index in [1.54, 1.807) is 0 Å². The highest BCUT2D eigenvalue weighted by Gasteiger charge is 2.41. The molecule has 1 spiro atoms. The van der Waals surface area contributed by atoms with Crippen LogP contribution in [0.5, 0.6) is 0 Å². The quantitative estimate of drug-likeness (QED) is 0.802. The van der Waals surface area contributed by atoms with Crippen molar-refractivity contribution >= 4 is 5.91 Å². The van der Waals surface area contributed by atoms with Gasteiger partial charge in [-0.05, 0) is 51.1 Å². The predicted molar refractivity (Wildman–Crippen MR) is 69.3 cm³/mol. The highest BCUT2D eigenvalue weighted by molar-refractivity contribution is 5.76. The Bertz CT molecular complexity index is 307. The Morgan fingerprint density at radius 2 is 2.00 bits per heavy atom. The number of hydrogen-bond donors (Lipinski definition) is 1. The molecule has 3 heterocycles. The molecule has 0 saturated carbocycles. The fourth-order valence-electron chi connectivity index (χ4n) is 3.64. The Kier molecular flexibility index (Phi) is 3.57. The summed E-state index contributed by atoms with van der Waals surface area (Å²) in [7, 11) is 0. The zero-order valence-corrected chi connectivity index (χ0v) is 11.1. The zero-order chi connectivity index (χ0) is 12.4. The van der Waals surface area contributed by atoms with Crippen LogP contribution in [0, 0.1) is 5.92 Å². The Morgan fingerprint density at radius 3 is 2.72 bits per heavy atom. The number of nitrogens with zero attached hydrogens (tertiary/aromatic N) is 1. The van der Waals surface area contributed by atoms with Crippen molar-refractivity contribution in [2.24, 2.45) is 5.92 Å². The predicted octanol–water partition coefficient (Wildman–Crippen LogP) is 1.16. The van der Waals surface area contributed by atoms with E-state index in [2.05, 4.69) is 5.32 Å². The van der Waals surface area contributed by atoms with Crippen molar-refractivity contribution in [1.29, 1.82) is 0 Å². The van der Waals surface area contributed by atoms with Crippen molar-refractivity contribution in [3.63, 3.8) is 0 Å². The molecule has 0 aromatic carbocycles. The van der Waals surface area contributed by atoms with Crippen LogP contribution in [0.2, 0.25) is 0 Å². The molecule has 0 bridgehead atoms. The molecule has 1 N–H and O–H groups in total. The molecule has 1 atom stereocenters. The van der Waals surface area contributed by atoms with Gasteiger partial charge in [-0.3, -0.25) is 4.79 Å². The van der Waals surface area contributed by atoms with Gasteiger partial charge in [0.25, 0.3) is 0 Å². The molecule has 18 heavy (non-hydrogen) atoms. The van der Waals surface area contributed by atoms with Crippen LogP contribution in [0.3, 0.4) is 0 Å². The molecule has 3 fully saturated rings. The van der Waals surface area contributed by atoms with Crippen LogP contribution in [0.25, 0.3) is 0 Å². The maximum atomic E-state index is 12.1. The van der Waals surface area contributed by atoms with E-state index in [0.29, 0.717) is 18.2 Å². The highest BCUT2D eigenvalue weighted by atomic mass is 16.5. The molecular weight excluding hydrogens is 228 g/mol. The normalized spacial score (nSPS) is 31.1. The molecule has 0 aromatic heterocycles. The standard InChI is InChI=1S/C14H24N2O2/c17-13(16-7-1-2-8-16)9-12-10-14(18-11-12)3-5-15-6-4-14/h12,15H,1-11H2/t12-/m0/s1. The smallest absolute Gasteiger partial charge is 0.222 e. The number of likely N-dealkylation sites (tertiary alicyclic amines) is 1. The monoisotopic (exact) mass is 252 g/mol. The number of nitrogens with one attached hydrogen (secondary N) is 1. The van der Waals surface area contributed by atoms with Crippen LogP contribution < -0.4 is 5.32 Å². The third kappa shape index (κ3) is 2.54. The van der Waals surface area contributed by atoms with E-state index in [0.717, 1.165) is 52.0 Å². The first-order valence-corrected chi connectivity index (χ1v) is 7.40. The van der Waals surface area contributed by atoms with Crippen LogP contribution in [-0.2, 0) is 9.53 Å². The van der Waals surface area contributed by atoms with Crippen molar-refractivity contribution in [2.45, 2.75) is 44.1 Å². The molecule has 0 aliphatic carbocycles. The summed E-state index contributed by atoms with van der Waals surface area (Å²) in [5.41, 5.74) is 0.0984.